The number of hydrogen-bond donors (Lipinski definition) is 19. The zero-order valence-corrected chi connectivity index (χ0v) is 40.9. The highest BCUT2D eigenvalue weighted by molar-refractivity contribution is 7.80. The van der Waals surface area contributed by atoms with Crippen LogP contribution in [-0.2, 0) is 33.6 Å². The van der Waals surface area contributed by atoms with Crippen LogP contribution in [0.1, 0.15) is 83.5 Å². The molecule has 0 spiro atoms. The van der Waals surface area contributed by atoms with Crippen molar-refractivity contribution in [3.05, 3.63) is 0 Å². The van der Waals surface area contributed by atoms with Gasteiger partial charge >= 0.3 is 0 Å². The van der Waals surface area contributed by atoms with Crippen molar-refractivity contribution in [3.63, 3.8) is 0 Å². The molecule has 0 saturated heterocycles. The number of carbonyl (C=O) groups is 6. The first kappa shape index (κ1) is 63.5. The molecule has 1 unspecified atom stereocenters. The number of rotatable bonds is 38. The summed E-state index contributed by atoms with van der Waals surface area (Å²) < 4.78 is 0. The fourth-order valence-electron chi connectivity index (χ4n) is 6.26. The number of nitrogens with two attached hydrogens (primary N) is 12. The molecule has 0 fully saturated rings. The molecule has 0 heterocycles. The van der Waals surface area contributed by atoms with E-state index in [-0.39, 0.29) is 158 Å². The van der Waals surface area contributed by atoms with E-state index in [1.54, 1.807) is 6.29 Å². The highest BCUT2D eigenvalue weighted by atomic mass is 32.1. The summed E-state index contributed by atoms with van der Waals surface area (Å²) in [6, 6.07) is -7.65. The van der Waals surface area contributed by atoms with Crippen molar-refractivity contribution in [1.82, 2.24) is 31.9 Å². The van der Waals surface area contributed by atoms with Crippen LogP contribution in [0.2, 0.25) is 0 Å². The summed E-state index contributed by atoms with van der Waals surface area (Å²) in [4.78, 5) is 118. The summed E-state index contributed by atoms with van der Waals surface area (Å²) in [5.41, 5.74) is 65.6. The minimum atomic E-state index is -1.39. The van der Waals surface area contributed by atoms with Crippen LogP contribution in [0.25, 0.3) is 0 Å². The first-order chi connectivity index (χ1) is 33.6. The van der Waals surface area contributed by atoms with Gasteiger partial charge in [-0.1, -0.05) is 0 Å². The molecule has 1 radical (unpaired) electrons. The summed E-state index contributed by atoms with van der Waals surface area (Å²) in [5, 5.41) is 15.8. The Balaban J connectivity index is 6.98. The Bertz CT molecular complexity index is 1860. The summed E-state index contributed by atoms with van der Waals surface area (Å²) in [7, 11) is 0. The van der Waals surface area contributed by atoms with Gasteiger partial charge in [0.25, 0.3) is 0 Å². The van der Waals surface area contributed by atoms with Gasteiger partial charge in [-0.25, -0.2) is 0 Å². The number of hydrogen-bond acceptors (Lipinski definition) is 14. The van der Waals surface area contributed by atoms with Crippen molar-refractivity contribution >= 4 is 90.1 Å². The SMILES string of the molecule is NC(N)=NCCCC([C]=O)NC(=O)[C@H](CCCN=C(N)N)NC(=O)[C@H](CCCN=C(N)N)NC(=O)[C@H](CCCN=C(N)N)NC(=O)[C@H](CCCN=C(N)N)NC(=O)[C@H](CCCN=C(N)N)NC(=O)CCS. The van der Waals surface area contributed by atoms with Gasteiger partial charge in [0, 0.05) is 45.7 Å². The average molecular weight is 1030 g/mol. The lowest BCUT2D eigenvalue weighted by atomic mass is 10.0. The van der Waals surface area contributed by atoms with Gasteiger partial charge < -0.3 is 101 Å². The number of nitrogens with zero attached hydrogens (tertiary/aromatic N) is 6. The number of guanidine groups is 6. The molecule has 0 aliphatic rings. The van der Waals surface area contributed by atoms with Crippen LogP contribution >= 0.6 is 12.6 Å². The lowest BCUT2D eigenvalue weighted by Crippen LogP contribution is -2.59. The molecule has 6 amide bonds. The van der Waals surface area contributed by atoms with Gasteiger partial charge in [0.2, 0.25) is 41.7 Å². The maximum Gasteiger partial charge on any atom is 0.243 e. The number of aliphatic imine (C=N–C) groups is 6. The number of nitrogens with one attached hydrogen (secondary N) is 6. The molecule has 30 N–H and O–H groups in total. The average Bonchev–Trinajstić information content (AvgIpc) is 3.28. The highest BCUT2D eigenvalue weighted by Gasteiger charge is 2.33. The Morgan fingerprint density at radius 1 is 0.366 bits per heavy atom. The van der Waals surface area contributed by atoms with Gasteiger partial charge in [0.15, 0.2) is 35.8 Å². The van der Waals surface area contributed by atoms with Crippen molar-refractivity contribution in [2.24, 2.45) is 98.8 Å². The second kappa shape index (κ2) is 37.4. The normalized spacial score (nSPS) is 13.0. The lowest BCUT2D eigenvalue weighted by molar-refractivity contribution is -0.135. The second-order valence-corrected chi connectivity index (χ2v) is 16.2. The molecule has 6 atom stereocenters. The molecule has 0 aromatic carbocycles. The molecule has 0 saturated carbocycles. The van der Waals surface area contributed by atoms with Crippen molar-refractivity contribution in [3.8, 4) is 0 Å². The van der Waals surface area contributed by atoms with Crippen LogP contribution in [0.4, 0.5) is 0 Å². The van der Waals surface area contributed by atoms with Crippen molar-refractivity contribution in [2.75, 3.05) is 45.0 Å². The Hall–Kier alpha value is -7.54. The summed E-state index contributed by atoms with van der Waals surface area (Å²) in [5.74, 6) is -5.54. The Labute approximate surface area is 418 Å². The molecule has 0 aliphatic heterocycles. The molecular formula is C39H77N24O7S. The number of amides is 6. The van der Waals surface area contributed by atoms with Gasteiger partial charge in [-0.05, 0) is 82.8 Å². The predicted octanol–water partition coefficient (Wildman–Crippen LogP) is -8.35. The standard InChI is InChI=1S/C39H77N24O7S/c40-34(41)52-14-1-7-22(21-64)58-29(66)24(9-3-16-54-36(44)45)60-31(68)26(11-5-18-56-38(48)49)62-33(70)27(12-6-19-57-39(50)51)63-32(69)25(10-4-17-55-37(46)47)61-30(67)23(59-28(65)13-20-71)8-2-15-53-35(42)43/h22-27,71H,1-20H2,(H,58,66)(H,59,65)(H,60,68)(H,61,67)(H,62,70)(H,63,69)(H4,40,41,52)(H4,42,43,53)(H4,44,45,54)(H4,46,47,55)(H4,48,49,56)(H4,50,51,57)/t22?,23-,24-,25-,26-,27-/m0/s1. The maximum absolute atomic E-state index is 14.3. The summed E-state index contributed by atoms with van der Waals surface area (Å²) in [6.45, 7) is 0.496. The molecule has 0 aromatic rings. The Morgan fingerprint density at radius 3 is 0.817 bits per heavy atom. The van der Waals surface area contributed by atoms with Crippen LogP contribution < -0.4 is 101 Å². The monoisotopic (exact) mass is 1030 g/mol. The van der Waals surface area contributed by atoms with Gasteiger partial charge in [0.1, 0.15) is 30.2 Å². The first-order valence-corrected chi connectivity index (χ1v) is 23.3. The van der Waals surface area contributed by atoms with Crippen molar-refractivity contribution in [1.29, 1.82) is 0 Å². The van der Waals surface area contributed by atoms with E-state index in [1.807, 2.05) is 0 Å². The minimum Gasteiger partial charge on any atom is -0.370 e. The Kier molecular flexibility index (Phi) is 33.4. The molecule has 32 heteroatoms. The van der Waals surface area contributed by atoms with E-state index in [2.05, 4.69) is 74.5 Å². The second-order valence-electron chi connectivity index (χ2n) is 15.7. The fourth-order valence-corrected chi connectivity index (χ4v) is 6.46. The zero-order valence-electron chi connectivity index (χ0n) is 40.0. The van der Waals surface area contributed by atoms with E-state index in [9.17, 15) is 33.6 Å². The zero-order chi connectivity index (χ0) is 53.7. The van der Waals surface area contributed by atoms with Crippen molar-refractivity contribution < 1.29 is 33.6 Å². The molecule has 31 nitrogen and oxygen atoms in total. The quantitative estimate of drug-likeness (QED) is 0.0118. The third-order valence-corrected chi connectivity index (χ3v) is 9.88. The van der Waals surface area contributed by atoms with Gasteiger partial charge in [-0.15, -0.1) is 0 Å². The van der Waals surface area contributed by atoms with E-state index in [4.69, 9.17) is 68.8 Å². The third kappa shape index (κ3) is 32.8. The van der Waals surface area contributed by atoms with Crippen molar-refractivity contribution in [2.45, 2.75) is 120 Å². The predicted molar refractivity (Wildman–Crippen MR) is 275 cm³/mol. The molecule has 401 valence electrons. The van der Waals surface area contributed by atoms with E-state index in [1.165, 1.54) is 0 Å². The largest absolute Gasteiger partial charge is 0.370 e. The molecule has 0 aromatic heterocycles. The molecule has 71 heavy (non-hydrogen) atoms. The fraction of sp³-hybridized carbons (Fsp3) is 0.667. The van der Waals surface area contributed by atoms with E-state index in [0.29, 0.717) is 6.42 Å². The van der Waals surface area contributed by atoms with Gasteiger partial charge in [0.05, 0.1) is 6.04 Å². The van der Waals surface area contributed by atoms with Crippen LogP contribution in [-0.4, -0.2) is 159 Å². The smallest absolute Gasteiger partial charge is 0.243 e. The molecule has 0 aliphatic carbocycles. The number of thiol groups is 1. The highest BCUT2D eigenvalue weighted by Crippen LogP contribution is 2.10. The molecule has 0 bridgehead atoms. The van der Waals surface area contributed by atoms with Crippen LogP contribution in [0.15, 0.2) is 30.0 Å². The van der Waals surface area contributed by atoms with E-state index < -0.39 is 71.7 Å². The van der Waals surface area contributed by atoms with Crippen LogP contribution in [0, 0.1) is 0 Å². The minimum absolute atomic E-state index is 0.0113. The van der Waals surface area contributed by atoms with Gasteiger partial charge in [-0.2, -0.15) is 12.6 Å². The molecular weight excluding hydrogens is 949 g/mol. The summed E-state index contributed by atoms with van der Waals surface area (Å²) in [6.07, 6.45) is 2.84. The Morgan fingerprint density at radius 2 is 0.592 bits per heavy atom. The van der Waals surface area contributed by atoms with Crippen LogP contribution in [0.5, 0.6) is 0 Å². The first-order valence-electron chi connectivity index (χ1n) is 22.7. The van der Waals surface area contributed by atoms with E-state index in [0.717, 1.165) is 0 Å². The van der Waals surface area contributed by atoms with E-state index >= 15 is 0 Å². The third-order valence-electron chi connectivity index (χ3n) is 9.65. The summed E-state index contributed by atoms with van der Waals surface area (Å²) >= 11 is 4.09. The maximum atomic E-state index is 14.3. The van der Waals surface area contributed by atoms with Gasteiger partial charge in [-0.3, -0.25) is 63.5 Å². The van der Waals surface area contributed by atoms with Crippen LogP contribution in [0.3, 0.4) is 0 Å². The molecule has 0 rings (SSSR count). The lowest BCUT2D eigenvalue weighted by Gasteiger charge is -2.27. The number of carbonyl (C=O) groups excluding carboxylic acids is 7. The topological polar surface area (TPSA) is 578 Å².